The lowest BCUT2D eigenvalue weighted by Gasteiger charge is -2.34. The molecule has 3 atom stereocenters. The molecule has 120 valence electrons. The molecule has 0 spiro atoms. The van der Waals surface area contributed by atoms with Crippen LogP contribution in [0, 0.1) is 5.92 Å². The summed E-state index contributed by atoms with van der Waals surface area (Å²) in [4.78, 5) is 11.9. The fraction of sp³-hybridized carbons (Fsp3) is 0.929. The van der Waals surface area contributed by atoms with Crippen LogP contribution in [0.4, 0.5) is 0 Å². The summed E-state index contributed by atoms with van der Waals surface area (Å²) >= 11 is 3.30. The van der Waals surface area contributed by atoms with Gasteiger partial charge in [-0.25, -0.2) is 0 Å². The summed E-state index contributed by atoms with van der Waals surface area (Å²) in [6.45, 7) is 14.2. The number of carbonyl (C=O) groups is 1. The number of esters is 1. The molecule has 0 saturated heterocycles. The predicted octanol–water partition coefficient (Wildman–Crippen LogP) is 3.33. The Hall–Kier alpha value is 0.0869. The number of alkyl halides is 1. The lowest BCUT2D eigenvalue weighted by molar-refractivity contribution is -0.148. The molecule has 0 saturated carbocycles. The Morgan fingerprint density at radius 3 is 2.20 bits per heavy atom. The zero-order valence-corrected chi connectivity index (χ0v) is 16.3. The molecule has 0 aromatic rings. The Morgan fingerprint density at radius 2 is 1.85 bits per heavy atom. The van der Waals surface area contributed by atoms with Gasteiger partial charge in [-0.1, -0.05) is 29.8 Å². The van der Waals surface area contributed by atoms with E-state index in [-0.39, 0.29) is 12.0 Å². The van der Waals surface area contributed by atoms with Crippen molar-refractivity contribution in [2.75, 3.05) is 6.61 Å². The van der Waals surface area contributed by atoms with Gasteiger partial charge in [0.05, 0.1) is 12.7 Å². The van der Waals surface area contributed by atoms with Crippen LogP contribution in [0.5, 0.6) is 0 Å². The van der Waals surface area contributed by atoms with E-state index < -0.39 is 24.7 Å². The van der Waals surface area contributed by atoms with E-state index >= 15 is 0 Å². The van der Waals surface area contributed by atoms with Gasteiger partial charge in [0, 0.05) is 12.5 Å². The summed E-state index contributed by atoms with van der Waals surface area (Å²) < 4.78 is 10.0. The van der Waals surface area contributed by atoms with Crippen molar-refractivity contribution in [1.29, 1.82) is 0 Å². The van der Waals surface area contributed by atoms with Crippen molar-refractivity contribution < 1.29 is 19.1 Å². The number of aliphatic hydroxyl groups excluding tert-OH is 1. The minimum atomic E-state index is -1.69. The van der Waals surface area contributed by atoms with Crippen molar-refractivity contribution in [3.05, 3.63) is 0 Å². The molecule has 0 bridgehead atoms. The van der Waals surface area contributed by atoms with Crippen LogP contribution in [0.2, 0.25) is 19.6 Å². The van der Waals surface area contributed by atoms with Gasteiger partial charge in [-0.05, 0) is 39.4 Å². The molecule has 0 unspecified atom stereocenters. The van der Waals surface area contributed by atoms with E-state index in [4.69, 9.17) is 9.16 Å². The highest BCUT2D eigenvalue weighted by Crippen LogP contribution is 2.30. The van der Waals surface area contributed by atoms with Crippen LogP contribution >= 0.6 is 15.9 Å². The highest BCUT2D eigenvalue weighted by atomic mass is 79.9. The van der Waals surface area contributed by atoms with Crippen molar-refractivity contribution in [2.24, 2.45) is 5.92 Å². The van der Waals surface area contributed by atoms with Crippen molar-refractivity contribution in [1.82, 2.24) is 0 Å². The first-order valence-electron chi connectivity index (χ1n) is 7.13. The normalized spacial score (nSPS) is 18.5. The van der Waals surface area contributed by atoms with Gasteiger partial charge in [0.25, 0.3) is 0 Å². The Labute approximate surface area is 132 Å². The average molecular weight is 369 g/mol. The van der Waals surface area contributed by atoms with E-state index in [1.54, 1.807) is 13.8 Å². The highest BCUT2D eigenvalue weighted by molar-refractivity contribution is 9.10. The molecular weight excluding hydrogens is 340 g/mol. The number of carbonyl (C=O) groups excluding carboxylic acids is 1. The zero-order chi connectivity index (χ0) is 16.1. The van der Waals surface area contributed by atoms with E-state index in [1.165, 1.54) is 0 Å². The van der Waals surface area contributed by atoms with Crippen molar-refractivity contribution in [2.45, 2.75) is 70.3 Å². The fourth-order valence-electron chi connectivity index (χ4n) is 1.76. The van der Waals surface area contributed by atoms with Crippen LogP contribution in [0.1, 0.15) is 34.1 Å². The number of halogens is 1. The van der Waals surface area contributed by atoms with Crippen LogP contribution in [-0.4, -0.2) is 42.5 Å². The highest BCUT2D eigenvalue weighted by Gasteiger charge is 2.41. The molecule has 0 aliphatic rings. The first kappa shape index (κ1) is 20.1. The van der Waals surface area contributed by atoms with Crippen LogP contribution in [-0.2, 0) is 14.0 Å². The standard InChI is InChI=1S/C14H29BrO4Si/c1-8-18-13(17)14(4,15)12(16)9-11(10(2)3)19-20(5,6)7/h10-12,16H,8-9H2,1-7H3/t11-,12-,14-/m1/s1. The maximum absolute atomic E-state index is 11.9. The molecule has 0 amide bonds. The Morgan fingerprint density at radius 1 is 1.35 bits per heavy atom. The Bertz CT molecular complexity index is 313. The van der Waals surface area contributed by atoms with Gasteiger partial charge >= 0.3 is 5.97 Å². The van der Waals surface area contributed by atoms with Gasteiger partial charge in [-0.15, -0.1) is 0 Å². The molecule has 0 heterocycles. The van der Waals surface area contributed by atoms with E-state index in [9.17, 15) is 9.90 Å². The third-order valence-electron chi connectivity index (χ3n) is 3.00. The molecule has 0 rings (SSSR count). The summed E-state index contributed by atoms with van der Waals surface area (Å²) in [5.41, 5.74) is 0. The largest absolute Gasteiger partial charge is 0.465 e. The predicted molar refractivity (Wildman–Crippen MR) is 87.6 cm³/mol. The second-order valence-electron chi connectivity index (χ2n) is 6.56. The molecule has 1 N–H and O–H groups in total. The molecule has 0 fully saturated rings. The van der Waals surface area contributed by atoms with Gasteiger partial charge in [-0.3, -0.25) is 4.79 Å². The van der Waals surface area contributed by atoms with Gasteiger partial charge in [0.1, 0.15) is 4.32 Å². The molecule has 0 radical (unpaired) electrons. The average Bonchev–Trinajstić information content (AvgIpc) is 2.26. The fourth-order valence-corrected chi connectivity index (χ4v) is 3.34. The van der Waals surface area contributed by atoms with Crippen molar-refractivity contribution in [3.8, 4) is 0 Å². The second-order valence-corrected chi connectivity index (χ2v) is 12.7. The van der Waals surface area contributed by atoms with E-state index in [1.807, 2.05) is 0 Å². The van der Waals surface area contributed by atoms with Gasteiger partial charge in [-0.2, -0.15) is 0 Å². The SMILES string of the molecule is CCOC(=O)[C@](C)(Br)[C@H](O)C[C@@H](O[Si](C)(C)C)C(C)C. The lowest BCUT2D eigenvalue weighted by Crippen LogP contribution is -2.46. The summed E-state index contributed by atoms with van der Waals surface area (Å²) in [5, 5.41) is 10.4. The van der Waals surface area contributed by atoms with Crippen LogP contribution in [0.15, 0.2) is 0 Å². The molecule has 0 aliphatic carbocycles. The summed E-state index contributed by atoms with van der Waals surface area (Å²) in [5.74, 6) is -0.162. The molecule has 0 aromatic heterocycles. The number of hydrogen-bond donors (Lipinski definition) is 1. The van der Waals surface area contributed by atoms with Crippen molar-refractivity contribution in [3.63, 3.8) is 0 Å². The van der Waals surface area contributed by atoms with Crippen LogP contribution < -0.4 is 0 Å². The maximum Gasteiger partial charge on any atom is 0.325 e. The monoisotopic (exact) mass is 368 g/mol. The molecule has 4 nitrogen and oxygen atoms in total. The number of ether oxygens (including phenoxy) is 1. The molecule has 6 heteroatoms. The summed E-state index contributed by atoms with van der Waals surface area (Å²) in [6, 6.07) is 0. The molecule has 0 aromatic carbocycles. The minimum absolute atomic E-state index is 0.0667. The number of hydrogen-bond acceptors (Lipinski definition) is 4. The van der Waals surface area contributed by atoms with Crippen LogP contribution in [0.25, 0.3) is 0 Å². The first-order chi connectivity index (χ1) is 8.91. The Balaban J connectivity index is 4.83. The molecular formula is C14H29BrO4Si. The van der Waals surface area contributed by atoms with Gasteiger partial charge in [0.15, 0.2) is 8.32 Å². The minimum Gasteiger partial charge on any atom is -0.465 e. The summed E-state index contributed by atoms with van der Waals surface area (Å²) in [7, 11) is -1.69. The Kier molecular flexibility index (Phi) is 7.95. The third kappa shape index (κ3) is 6.69. The van der Waals surface area contributed by atoms with Gasteiger partial charge in [0.2, 0.25) is 0 Å². The maximum atomic E-state index is 11.9. The van der Waals surface area contributed by atoms with Crippen molar-refractivity contribution >= 4 is 30.2 Å². The first-order valence-corrected chi connectivity index (χ1v) is 11.3. The smallest absolute Gasteiger partial charge is 0.325 e. The van der Waals surface area contributed by atoms with E-state index in [0.29, 0.717) is 13.0 Å². The molecule has 20 heavy (non-hydrogen) atoms. The van der Waals surface area contributed by atoms with Gasteiger partial charge < -0.3 is 14.3 Å². The lowest BCUT2D eigenvalue weighted by atomic mass is 9.94. The topological polar surface area (TPSA) is 55.8 Å². The molecule has 0 aliphatic heterocycles. The summed E-state index contributed by atoms with van der Waals surface area (Å²) in [6.07, 6.45) is -0.518. The number of aliphatic hydroxyl groups is 1. The number of rotatable bonds is 8. The van der Waals surface area contributed by atoms with E-state index in [0.717, 1.165) is 0 Å². The van der Waals surface area contributed by atoms with E-state index in [2.05, 4.69) is 49.4 Å². The zero-order valence-electron chi connectivity index (χ0n) is 13.7. The third-order valence-corrected chi connectivity index (χ3v) is 4.87. The quantitative estimate of drug-likeness (QED) is 0.405. The van der Waals surface area contributed by atoms with Crippen LogP contribution in [0.3, 0.4) is 0 Å². The second kappa shape index (κ2) is 7.92.